The van der Waals surface area contributed by atoms with E-state index in [0.717, 1.165) is 35.1 Å². The zero-order valence-electron chi connectivity index (χ0n) is 11.8. The summed E-state index contributed by atoms with van der Waals surface area (Å²) in [5.74, 6) is 0.562. The van der Waals surface area contributed by atoms with Crippen LogP contribution in [0.4, 0.5) is 0 Å². The van der Waals surface area contributed by atoms with Crippen molar-refractivity contribution in [1.29, 1.82) is 0 Å². The van der Waals surface area contributed by atoms with Gasteiger partial charge in [0.2, 0.25) is 0 Å². The summed E-state index contributed by atoms with van der Waals surface area (Å²) in [6, 6.07) is 12.8. The first-order chi connectivity index (χ1) is 10.2. The number of benzene rings is 2. The Labute approximate surface area is 134 Å². The lowest BCUT2D eigenvalue weighted by Crippen LogP contribution is -2.30. The number of aromatic nitrogens is 1. The van der Waals surface area contributed by atoms with E-state index in [2.05, 4.69) is 10.3 Å². The van der Waals surface area contributed by atoms with Crippen LogP contribution in [0, 0.1) is 0 Å². The Balaban J connectivity index is 0.00000144. The molecule has 1 aliphatic heterocycles. The van der Waals surface area contributed by atoms with Gasteiger partial charge in [-0.25, -0.2) is 0 Å². The molecular weight excluding hydrogens is 300 g/mol. The van der Waals surface area contributed by atoms with Crippen LogP contribution >= 0.6 is 12.4 Å². The summed E-state index contributed by atoms with van der Waals surface area (Å²) in [7, 11) is 0. The van der Waals surface area contributed by atoms with E-state index < -0.39 is 0 Å². The first kappa shape index (κ1) is 14.8. The monoisotopic (exact) mass is 316 g/mol. The van der Waals surface area contributed by atoms with Gasteiger partial charge in [-0.1, -0.05) is 12.1 Å². The van der Waals surface area contributed by atoms with Crippen LogP contribution < -0.4 is 5.32 Å². The average molecular weight is 317 g/mol. The minimum Gasteiger partial charge on any atom is -0.508 e. The van der Waals surface area contributed by atoms with E-state index in [-0.39, 0.29) is 29.9 Å². The van der Waals surface area contributed by atoms with Crippen molar-refractivity contribution in [2.24, 2.45) is 0 Å². The third-order valence-electron chi connectivity index (χ3n) is 4.14. The number of fused-ring (bicyclic) bond motifs is 3. The number of phenols is 2. The summed E-state index contributed by atoms with van der Waals surface area (Å²) in [6.45, 7) is 0.871. The highest BCUT2D eigenvalue weighted by Crippen LogP contribution is 2.35. The van der Waals surface area contributed by atoms with Crippen LogP contribution in [0.3, 0.4) is 0 Å². The predicted molar refractivity (Wildman–Crippen MR) is 88.9 cm³/mol. The number of aromatic amines is 1. The van der Waals surface area contributed by atoms with Crippen molar-refractivity contribution in [2.45, 2.75) is 12.5 Å². The molecule has 0 fully saturated rings. The summed E-state index contributed by atoms with van der Waals surface area (Å²) in [5, 5.41) is 24.0. The molecule has 114 valence electrons. The number of rotatable bonds is 1. The van der Waals surface area contributed by atoms with Gasteiger partial charge < -0.3 is 20.5 Å². The first-order valence-corrected chi connectivity index (χ1v) is 7.08. The number of nitrogens with one attached hydrogen (secondary N) is 2. The van der Waals surface area contributed by atoms with Crippen molar-refractivity contribution in [3.63, 3.8) is 0 Å². The average Bonchev–Trinajstić information content (AvgIpc) is 2.85. The van der Waals surface area contributed by atoms with Crippen LogP contribution in [-0.2, 0) is 6.42 Å². The van der Waals surface area contributed by atoms with Gasteiger partial charge in [0, 0.05) is 23.1 Å². The largest absolute Gasteiger partial charge is 0.508 e. The number of phenolic OH excluding ortho intramolecular Hbond substituents is 2. The molecular formula is C17H17ClN2O2. The summed E-state index contributed by atoms with van der Waals surface area (Å²) in [4.78, 5) is 3.46. The molecule has 0 bridgehead atoms. The van der Waals surface area contributed by atoms with Crippen LogP contribution in [0.1, 0.15) is 22.9 Å². The molecule has 0 radical (unpaired) electrons. The summed E-state index contributed by atoms with van der Waals surface area (Å²) in [6.07, 6.45) is 0.925. The fourth-order valence-corrected chi connectivity index (χ4v) is 3.20. The molecule has 2 aromatic carbocycles. The van der Waals surface area contributed by atoms with Crippen LogP contribution in [0.25, 0.3) is 10.9 Å². The fourth-order valence-electron chi connectivity index (χ4n) is 3.20. The van der Waals surface area contributed by atoms with Crippen LogP contribution in [0.2, 0.25) is 0 Å². The van der Waals surface area contributed by atoms with Gasteiger partial charge >= 0.3 is 0 Å². The van der Waals surface area contributed by atoms with Gasteiger partial charge in [-0.2, -0.15) is 0 Å². The SMILES string of the molecule is Cl.Oc1cccc(C2NCCc3c2[nH]c2ccc(O)cc32)c1. The molecule has 3 aromatic rings. The highest BCUT2D eigenvalue weighted by molar-refractivity contribution is 5.86. The summed E-state index contributed by atoms with van der Waals surface area (Å²) >= 11 is 0. The smallest absolute Gasteiger partial charge is 0.116 e. The van der Waals surface area contributed by atoms with Crippen molar-refractivity contribution in [1.82, 2.24) is 10.3 Å². The van der Waals surface area contributed by atoms with Gasteiger partial charge in [0.05, 0.1) is 6.04 Å². The minimum atomic E-state index is 0. The molecule has 0 saturated carbocycles. The van der Waals surface area contributed by atoms with Gasteiger partial charge in [-0.15, -0.1) is 12.4 Å². The molecule has 1 unspecified atom stereocenters. The van der Waals surface area contributed by atoms with Crippen LogP contribution in [-0.4, -0.2) is 21.7 Å². The van der Waals surface area contributed by atoms with Gasteiger partial charge in [0.1, 0.15) is 11.5 Å². The lowest BCUT2D eigenvalue weighted by atomic mass is 9.94. The second kappa shape index (κ2) is 5.55. The minimum absolute atomic E-state index is 0. The van der Waals surface area contributed by atoms with E-state index in [4.69, 9.17) is 0 Å². The molecule has 4 nitrogen and oxygen atoms in total. The van der Waals surface area contributed by atoms with Crippen LogP contribution in [0.5, 0.6) is 11.5 Å². The number of aromatic hydroxyl groups is 2. The van der Waals surface area contributed by atoms with Crippen molar-refractivity contribution in [3.05, 3.63) is 59.3 Å². The molecule has 1 aliphatic rings. The normalized spacial score (nSPS) is 17.0. The quantitative estimate of drug-likeness (QED) is 0.557. The van der Waals surface area contributed by atoms with E-state index in [9.17, 15) is 10.2 Å². The third kappa shape index (κ3) is 2.30. The van der Waals surface area contributed by atoms with E-state index in [0.29, 0.717) is 0 Å². The zero-order valence-corrected chi connectivity index (χ0v) is 12.7. The number of H-pyrrole nitrogens is 1. The Bertz CT molecular complexity index is 829. The Hall–Kier alpha value is -2.17. The van der Waals surface area contributed by atoms with Crippen LogP contribution in [0.15, 0.2) is 42.5 Å². The lowest BCUT2D eigenvalue weighted by molar-refractivity contribution is 0.472. The van der Waals surface area contributed by atoms with Gasteiger partial charge in [0.25, 0.3) is 0 Å². The van der Waals surface area contributed by atoms with Crippen molar-refractivity contribution >= 4 is 23.3 Å². The molecule has 4 N–H and O–H groups in total. The maximum atomic E-state index is 9.71. The number of hydrogen-bond acceptors (Lipinski definition) is 3. The Kier molecular flexibility index (Phi) is 3.72. The third-order valence-corrected chi connectivity index (χ3v) is 4.14. The molecule has 2 heterocycles. The number of hydrogen-bond donors (Lipinski definition) is 4. The maximum Gasteiger partial charge on any atom is 0.116 e. The Morgan fingerprint density at radius 3 is 2.64 bits per heavy atom. The topological polar surface area (TPSA) is 68.3 Å². The molecule has 22 heavy (non-hydrogen) atoms. The van der Waals surface area contributed by atoms with E-state index in [1.807, 2.05) is 24.3 Å². The lowest BCUT2D eigenvalue weighted by Gasteiger charge is -2.25. The Morgan fingerprint density at radius 1 is 1.00 bits per heavy atom. The van der Waals surface area contributed by atoms with Crippen molar-refractivity contribution in [3.8, 4) is 11.5 Å². The van der Waals surface area contributed by atoms with E-state index in [1.54, 1.807) is 18.2 Å². The molecule has 0 aliphatic carbocycles. The van der Waals surface area contributed by atoms with Crippen molar-refractivity contribution in [2.75, 3.05) is 6.54 Å². The molecule has 1 aromatic heterocycles. The molecule has 0 amide bonds. The van der Waals surface area contributed by atoms with Crippen molar-refractivity contribution < 1.29 is 10.2 Å². The highest BCUT2D eigenvalue weighted by atomic mass is 35.5. The van der Waals surface area contributed by atoms with Gasteiger partial charge in [-0.3, -0.25) is 0 Å². The predicted octanol–water partition coefficient (Wildman–Crippen LogP) is 3.24. The summed E-state index contributed by atoms with van der Waals surface area (Å²) in [5.41, 5.74) is 4.43. The Morgan fingerprint density at radius 2 is 1.82 bits per heavy atom. The van der Waals surface area contributed by atoms with E-state index in [1.165, 1.54) is 5.56 Å². The molecule has 4 rings (SSSR count). The molecule has 1 atom stereocenters. The molecule has 5 heteroatoms. The first-order valence-electron chi connectivity index (χ1n) is 7.08. The van der Waals surface area contributed by atoms with E-state index >= 15 is 0 Å². The maximum absolute atomic E-state index is 9.71. The summed E-state index contributed by atoms with van der Waals surface area (Å²) < 4.78 is 0. The standard InChI is InChI=1S/C17H16N2O2.ClH/c20-11-3-1-2-10(8-11)16-17-13(6-7-18-16)14-9-12(21)4-5-15(14)19-17;/h1-5,8-9,16,18-21H,6-7H2;1H. The molecule has 0 spiro atoms. The van der Waals surface area contributed by atoms with Gasteiger partial charge in [-0.05, 0) is 47.9 Å². The number of halogens is 1. The zero-order chi connectivity index (χ0) is 14.4. The molecule has 0 saturated heterocycles. The second-order valence-electron chi connectivity index (χ2n) is 5.48. The highest BCUT2D eigenvalue weighted by Gasteiger charge is 2.25. The second-order valence-corrected chi connectivity index (χ2v) is 5.48. The van der Waals surface area contributed by atoms with Gasteiger partial charge in [0.15, 0.2) is 0 Å². The fraction of sp³-hybridized carbons (Fsp3) is 0.176.